The second-order valence-corrected chi connectivity index (χ2v) is 7.71. The zero-order valence-electron chi connectivity index (χ0n) is 18.5. The predicted octanol–water partition coefficient (Wildman–Crippen LogP) is 6.07. The Morgan fingerprint density at radius 3 is 1.97 bits per heavy atom. The molecule has 1 aromatic carbocycles. The lowest BCUT2D eigenvalue weighted by Crippen LogP contribution is -2.38. The number of nitrogens with zero attached hydrogens (tertiary/aromatic N) is 1. The summed E-state index contributed by atoms with van der Waals surface area (Å²) in [5.41, 5.74) is 2.89. The van der Waals surface area contributed by atoms with Crippen molar-refractivity contribution in [1.82, 2.24) is 0 Å². The van der Waals surface area contributed by atoms with Gasteiger partial charge in [0.15, 0.2) is 0 Å². The number of anilines is 1. The predicted molar refractivity (Wildman–Crippen MR) is 122 cm³/mol. The molecule has 29 heavy (non-hydrogen) atoms. The summed E-state index contributed by atoms with van der Waals surface area (Å²) in [5, 5.41) is 0. The Morgan fingerprint density at radius 1 is 0.897 bits per heavy atom. The highest BCUT2D eigenvalue weighted by atomic mass is 35.5. The second-order valence-electron chi connectivity index (χ2n) is 7.44. The molecule has 5 heteroatoms. The van der Waals surface area contributed by atoms with Gasteiger partial charge in [-0.15, -0.1) is 11.6 Å². The van der Waals surface area contributed by atoms with Crippen LogP contribution in [-0.4, -0.2) is 30.9 Å². The van der Waals surface area contributed by atoms with Crippen molar-refractivity contribution in [2.45, 2.75) is 85.0 Å². The van der Waals surface area contributed by atoms with Crippen molar-refractivity contribution in [2.24, 2.45) is 0 Å². The molecule has 0 aromatic heterocycles. The molecule has 0 radical (unpaired) electrons. The summed E-state index contributed by atoms with van der Waals surface area (Å²) in [7, 11) is 0. The summed E-state index contributed by atoms with van der Waals surface area (Å²) in [6.45, 7) is 6.63. The third kappa shape index (κ3) is 9.20. The Kier molecular flexibility index (Phi) is 13.5. The summed E-state index contributed by atoms with van der Waals surface area (Å²) in [4.78, 5) is 26.4. The van der Waals surface area contributed by atoms with E-state index in [1.807, 2.05) is 32.0 Å². The van der Waals surface area contributed by atoms with Crippen LogP contribution in [0.1, 0.15) is 83.3 Å². The lowest BCUT2D eigenvalue weighted by molar-refractivity contribution is -0.142. The topological polar surface area (TPSA) is 46.6 Å². The van der Waals surface area contributed by atoms with Gasteiger partial charge in [-0.25, -0.2) is 0 Å². The van der Waals surface area contributed by atoms with Crippen molar-refractivity contribution in [3.63, 3.8) is 0 Å². The van der Waals surface area contributed by atoms with E-state index in [-0.39, 0.29) is 24.3 Å². The van der Waals surface area contributed by atoms with Crippen molar-refractivity contribution >= 4 is 29.2 Å². The zero-order chi connectivity index (χ0) is 21.5. The molecule has 1 amide bonds. The van der Waals surface area contributed by atoms with Crippen LogP contribution in [0.2, 0.25) is 0 Å². The minimum absolute atomic E-state index is 0.0907. The molecule has 164 valence electrons. The number of esters is 1. The monoisotopic (exact) mass is 423 g/mol. The first-order valence-electron chi connectivity index (χ1n) is 11.2. The van der Waals surface area contributed by atoms with Gasteiger partial charge in [0.1, 0.15) is 12.4 Å². The SMILES string of the molecule is CCCCCCCCCCOC(=O)CN(C(=O)CCl)c1c(CC)cccc1CC. The molecule has 0 saturated heterocycles. The number of ether oxygens (including phenoxy) is 1. The first-order chi connectivity index (χ1) is 14.1. The first-order valence-corrected chi connectivity index (χ1v) is 11.7. The highest BCUT2D eigenvalue weighted by Crippen LogP contribution is 2.27. The number of unbranched alkanes of at least 4 members (excludes halogenated alkanes) is 7. The summed E-state index contributed by atoms with van der Waals surface area (Å²) in [6, 6.07) is 5.98. The molecule has 0 unspecified atom stereocenters. The van der Waals surface area contributed by atoms with Crippen LogP contribution in [0.4, 0.5) is 5.69 Å². The van der Waals surface area contributed by atoms with Crippen molar-refractivity contribution < 1.29 is 14.3 Å². The fraction of sp³-hybridized carbons (Fsp3) is 0.667. The van der Waals surface area contributed by atoms with E-state index in [1.165, 1.54) is 43.4 Å². The minimum atomic E-state index is -0.376. The Balaban J connectivity index is 2.56. The fourth-order valence-electron chi connectivity index (χ4n) is 3.52. The maximum absolute atomic E-state index is 12.5. The molecule has 1 aromatic rings. The van der Waals surface area contributed by atoms with Gasteiger partial charge in [-0.1, -0.05) is 83.9 Å². The first kappa shape index (κ1) is 25.5. The van der Waals surface area contributed by atoms with E-state index in [0.29, 0.717) is 6.61 Å². The minimum Gasteiger partial charge on any atom is -0.464 e. The van der Waals surface area contributed by atoms with E-state index in [4.69, 9.17) is 16.3 Å². The largest absolute Gasteiger partial charge is 0.464 e. The summed E-state index contributed by atoms with van der Waals surface area (Å²) >= 11 is 5.83. The van der Waals surface area contributed by atoms with Gasteiger partial charge in [0.25, 0.3) is 0 Å². The second kappa shape index (κ2) is 15.3. The van der Waals surface area contributed by atoms with Crippen LogP contribution in [0.3, 0.4) is 0 Å². The number of halogens is 1. The highest BCUT2D eigenvalue weighted by molar-refractivity contribution is 6.29. The number of rotatable bonds is 15. The molecule has 0 atom stereocenters. The quantitative estimate of drug-likeness (QED) is 0.195. The number of para-hydroxylation sites is 1. The average molecular weight is 424 g/mol. The van der Waals surface area contributed by atoms with Crippen LogP contribution in [-0.2, 0) is 27.2 Å². The number of hydrogen-bond acceptors (Lipinski definition) is 3. The van der Waals surface area contributed by atoms with Gasteiger partial charge >= 0.3 is 5.97 Å². The van der Waals surface area contributed by atoms with Crippen molar-refractivity contribution in [3.05, 3.63) is 29.3 Å². The Bertz CT molecular complexity index is 596. The normalized spacial score (nSPS) is 10.8. The number of carbonyl (C=O) groups is 2. The van der Waals surface area contributed by atoms with Gasteiger partial charge in [0, 0.05) is 0 Å². The maximum Gasteiger partial charge on any atom is 0.326 e. The van der Waals surface area contributed by atoms with Gasteiger partial charge < -0.3 is 4.74 Å². The third-order valence-electron chi connectivity index (χ3n) is 5.20. The summed E-state index contributed by atoms with van der Waals surface area (Å²) in [5.74, 6) is -0.808. The molecule has 1 rings (SSSR count). The molecule has 0 saturated carbocycles. The van der Waals surface area contributed by atoms with Crippen LogP contribution in [0.15, 0.2) is 18.2 Å². The van der Waals surface area contributed by atoms with Gasteiger partial charge in [-0.3, -0.25) is 14.5 Å². The van der Waals surface area contributed by atoms with Crippen LogP contribution in [0, 0.1) is 0 Å². The molecule has 0 aliphatic heterocycles. The molecule has 0 N–H and O–H groups in total. The van der Waals surface area contributed by atoms with Crippen molar-refractivity contribution in [3.8, 4) is 0 Å². The van der Waals surface area contributed by atoms with E-state index in [9.17, 15) is 9.59 Å². The van der Waals surface area contributed by atoms with Gasteiger partial charge in [0.05, 0.1) is 12.3 Å². The van der Waals surface area contributed by atoms with Gasteiger partial charge in [-0.2, -0.15) is 0 Å². The van der Waals surface area contributed by atoms with Crippen LogP contribution in [0.5, 0.6) is 0 Å². The summed E-state index contributed by atoms with van der Waals surface area (Å²) < 4.78 is 5.40. The number of hydrogen-bond donors (Lipinski definition) is 0. The van der Waals surface area contributed by atoms with Crippen LogP contribution in [0.25, 0.3) is 0 Å². The molecule has 0 heterocycles. The maximum atomic E-state index is 12.5. The van der Waals surface area contributed by atoms with E-state index in [2.05, 4.69) is 6.92 Å². The van der Waals surface area contributed by atoms with Gasteiger partial charge in [0.2, 0.25) is 5.91 Å². The molecule has 4 nitrogen and oxygen atoms in total. The highest BCUT2D eigenvalue weighted by Gasteiger charge is 2.23. The fourth-order valence-corrected chi connectivity index (χ4v) is 3.67. The van der Waals surface area contributed by atoms with Crippen LogP contribution < -0.4 is 4.90 Å². The number of alkyl halides is 1. The Morgan fingerprint density at radius 2 is 1.45 bits per heavy atom. The van der Waals surface area contributed by atoms with Crippen molar-refractivity contribution in [2.75, 3.05) is 23.9 Å². The number of carbonyl (C=O) groups excluding carboxylic acids is 2. The lowest BCUT2D eigenvalue weighted by Gasteiger charge is -2.26. The average Bonchev–Trinajstić information content (AvgIpc) is 2.75. The molecular weight excluding hydrogens is 386 g/mol. The standard InChI is InChI=1S/C24H38ClNO3/c1-4-7-8-9-10-11-12-13-17-29-23(28)19-26(22(27)18-25)24-20(5-2)15-14-16-21(24)6-3/h14-16H,4-13,17-19H2,1-3H3. The molecule has 0 aliphatic rings. The van der Waals surface area contributed by atoms with Gasteiger partial charge in [-0.05, 0) is 30.4 Å². The van der Waals surface area contributed by atoms with E-state index in [0.717, 1.165) is 42.5 Å². The Labute approximate surface area is 182 Å². The molecular formula is C24H38ClNO3. The third-order valence-corrected chi connectivity index (χ3v) is 5.43. The van der Waals surface area contributed by atoms with Crippen LogP contribution >= 0.6 is 11.6 Å². The van der Waals surface area contributed by atoms with E-state index >= 15 is 0 Å². The number of aryl methyl sites for hydroxylation is 2. The number of amides is 1. The summed E-state index contributed by atoms with van der Waals surface area (Å²) in [6.07, 6.45) is 11.1. The zero-order valence-corrected chi connectivity index (χ0v) is 19.2. The molecule has 0 bridgehead atoms. The molecule has 0 spiro atoms. The lowest BCUT2D eigenvalue weighted by atomic mass is 10.0. The Hall–Kier alpha value is -1.55. The smallest absolute Gasteiger partial charge is 0.326 e. The number of benzene rings is 1. The van der Waals surface area contributed by atoms with E-state index in [1.54, 1.807) is 0 Å². The van der Waals surface area contributed by atoms with E-state index < -0.39 is 0 Å². The molecule has 0 aliphatic carbocycles. The molecule has 0 fully saturated rings. The van der Waals surface area contributed by atoms with Crippen molar-refractivity contribution in [1.29, 1.82) is 0 Å².